The Morgan fingerprint density at radius 2 is 1.90 bits per heavy atom. The normalized spacial score (nSPS) is 18.0. The summed E-state index contributed by atoms with van der Waals surface area (Å²) in [6.07, 6.45) is 6.47. The van der Waals surface area contributed by atoms with Crippen LogP contribution in [-0.4, -0.2) is 19.2 Å². The Morgan fingerprint density at radius 1 is 1.24 bits per heavy atom. The smallest absolute Gasteiger partial charge is 0.122 e. The fraction of sp³-hybridized carbons (Fsp3) is 0.684. The molecule has 1 saturated carbocycles. The van der Waals surface area contributed by atoms with Crippen molar-refractivity contribution in [3.05, 3.63) is 29.3 Å². The Balaban J connectivity index is 2.09. The van der Waals surface area contributed by atoms with E-state index in [4.69, 9.17) is 4.74 Å². The van der Waals surface area contributed by atoms with Gasteiger partial charge in [-0.1, -0.05) is 45.7 Å². The molecule has 0 aromatic heterocycles. The van der Waals surface area contributed by atoms with E-state index >= 15 is 0 Å². The van der Waals surface area contributed by atoms with Gasteiger partial charge in [0.15, 0.2) is 0 Å². The quantitative estimate of drug-likeness (QED) is 0.864. The van der Waals surface area contributed by atoms with Crippen LogP contribution in [0.25, 0.3) is 0 Å². The lowest BCUT2D eigenvalue weighted by Crippen LogP contribution is -2.36. The summed E-state index contributed by atoms with van der Waals surface area (Å²) in [5.41, 5.74) is 2.89. The van der Waals surface area contributed by atoms with E-state index in [1.807, 2.05) is 0 Å². The van der Waals surface area contributed by atoms with E-state index in [0.29, 0.717) is 6.04 Å². The summed E-state index contributed by atoms with van der Waals surface area (Å²) in [6.45, 7) is 9.08. The maximum atomic E-state index is 5.56. The van der Waals surface area contributed by atoms with Gasteiger partial charge in [0.2, 0.25) is 0 Å². The molecule has 1 aromatic rings. The largest absolute Gasteiger partial charge is 0.496 e. The summed E-state index contributed by atoms with van der Waals surface area (Å²) in [4.78, 5) is 0. The molecule has 118 valence electrons. The number of methoxy groups -OCH3 is 1. The molecule has 0 spiro atoms. The van der Waals surface area contributed by atoms with E-state index in [1.54, 1.807) is 7.11 Å². The average molecular weight is 289 g/mol. The van der Waals surface area contributed by atoms with Crippen molar-refractivity contribution in [2.24, 2.45) is 0 Å². The lowest BCUT2D eigenvalue weighted by Gasteiger charge is -2.23. The van der Waals surface area contributed by atoms with E-state index < -0.39 is 0 Å². The van der Waals surface area contributed by atoms with Gasteiger partial charge in [0.1, 0.15) is 5.75 Å². The summed E-state index contributed by atoms with van der Waals surface area (Å²) in [5, 5.41) is 3.78. The summed E-state index contributed by atoms with van der Waals surface area (Å²) in [6, 6.07) is 7.86. The van der Waals surface area contributed by atoms with Gasteiger partial charge in [0.25, 0.3) is 0 Å². The second-order valence-electron chi connectivity index (χ2n) is 7.53. The summed E-state index contributed by atoms with van der Waals surface area (Å²) >= 11 is 0. The predicted octanol–water partition coefficient (Wildman–Crippen LogP) is 4.46. The van der Waals surface area contributed by atoms with Gasteiger partial charge in [0, 0.05) is 12.1 Å². The molecular formula is C19H31NO. The zero-order chi connectivity index (χ0) is 15.5. The van der Waals surface area contributed by atoms with Gasteiger partial charge in [-0.05, 0) is 48.8 Å². The molecule has 21 heavy (non-hydrogen) atoms. The van der Waals surface area contributed by atoms with Crippen LogP contribution >= 0.6 is 0 Å². The zero-order valence-electron chi connectivity index (χ0n) is 14.3. The van der Waals surface area contributed by atoms with Crippen LogP contribution in [-0.2, 0) is 11.8 Å². The van der Waals surface area contributed by atoms with E-state index in [-0.39, 0.29) is 5.41 Å². The minimum Gasteiger partial charge on any atom is -0.496 e. The van der Waals surface area contributed by atoms with Crippen molar-refractivity contribution < 1.29 is 4.74 Å². The van der Waals surface area contributed by atoms with Gasteiger partial charge in [-0.3, -0.25) is 0 Å². The van der Waals surface area contributed by atoms with Crippen LogP contribution in [0.1, 0.15) is 64.5 Å². The van der Waals surface area contributed by atoms with E-state index in [2.05, 4.69) is 51.2 Å². The van der Waals surface area contributed by atoms with Crippen molar-refractivity contribution in [3.63, 3.8) is 0 Å². The number of rotatable bonds is 5. The fourth-order valence-corrected chi connectivity index (χ4v) is 3.29. The van der Waals surface area contributed by atoms with Gasteiger partial charge in [-0.15, -0.1) is 0 Å². The first kappa shape index (κ1) is 16.4. The Kier molecular flexibility index (Phi) is 5.32. The highest BCUT2D eigenvalue weighted by atomic mass is 16.5. The minimum atomic E-state index is 0.184. The molecule has 0 saturated heterocycles. The van der Waals surface area contributed by atoms with Crippen molar-refractivity contribution in [3.8, 4) is 5.75 Å². The Labute approximate surface area is 130 Å². The minimum absolute atomic E-state index is 0.184. The molecule has 1 fully saturated rings. The van der Waals surface area contributed by atoms with Gasteiger partial charge in [-0.25, -0.2) is 0 Å². The number of benzene rings is 1. The molecular weight excluding hydrogens is 258 g/mol. The first-order chi connectivity index (χ1) is 9.90. The van der Waals surface area contributed by atoms with Crippen molar-refractivity contribution >= 4 is 0 Å². The molecule has 0 bridgehead atoms. The number of nitrogens with one attached hydrogen (secondary N) is 1. The molecule has 1 aliphatic carbocycles. The standard InChI is InChI=1S/C19H31NO/c1-14(20-17-8-6-7-9-17)12-15-13-16(19(2,3)4)10-11-18(15)21-5/h10-11,13-14,17,20H,6-9,12H2,1-5H3. The Morgan fingerprint density at radius 3 is 2.48 bits per heavy atom. The van der Waals surface area contributed by atoms with Crippen LogP contribution < -0.4 is 10.1 Å². The van der Waals surface area contributed by atoms with Gasteiger partial charge >= 0.3 is 0 Å². The monoisotopic (exact) mass is 289 g/mol. The second-order valence-corrected chi connectivity index (χ2v) is 7.53. The molecule has 0 radical (unpaired) electrons. The highest BCUT2D eigenvalue weighted by Gasteiger charge is 2.19. The maximum absolute atomic E-state index is 5.56. The number of hydrogen-bond donors (Lipinski definition) is 1. The molecule has 2 heteroatoms. The van der Waals surface area contributed by atoms with Crippen molar-refractivity contribution in [1.82, 2.24) is 5.32 Å². The molecule has 2 rings (SSSR count). The second kappa shape index (κ2) is 6.83. The van der Waals surface area contributed by atoms with Crippen molar-refractivity contribution in [2.45, 2.75) is 77.3 Å². The molecule has 0 amide bonds. The Bertz CT molecular complexity index is 455. The predicted molar refractivity (Wildman–Crippen MR) is 90.3 cm³/mol. The van der Waals surface area contributed by atoms with E-state index in [9.17, 15) is 0 Å². The molecule has 1 N–H and O–H groups in total. The number of hydrogen-bond acceptors (Lipinski definition) is 2. The van der Waals surface area contributed by atoms with Crippen molar-refractivity contribution in [1.29, 1.82) is 0 Å². The molecule has 1 unspecified atom stereocenters. The van der Waals surface area contributed by atoms with E-state index in [1.165, 1.54) is 36.8 Å². The van der Waals surface area contributed by atoms with Crippen molar-refractivity contribution in [2.75, 3.05) is 7.11 Å². The van der Waals surface area contributed by atoms with Crippen LogP contribution in [0.3, 0.4) is 0 Å². The third kappa shape index (κ3) is 4.47. The Hall–Kier alpha value is -1.02. The zero-order valence-corrected chi connectivity index (χ0v) is 14.3. The molecule has 1 atom stereocenters. The molecule has 1 aliphatic rings. The fourth-order valence-electron chi connectivity index (χ4n) is 3.29. The summed E-state index contributed by atoms with van der Waals surface area (Å²) in [7, 11) is 1.77. The topological polar surface area (TPSA) is 21.3 Å². The third-order valence-corrected chi connectivity index (χ3v) is 4.55. The van der Waals surface area contributed by atoms with Gasteiger partial charge in [0.05, 0.1) is 7.11 Å². The van der Waals surface area contributed by atoms with Crippen LogP contribution in [0.2, 0.25) is 0 Å². The average Bonchev–Trinajstić information content (AvgIpc) is 2.90. The molecule has 0 aliphatic heterocycles. The molecule has 0 heterocycles. The third-order valence-electron chi connectivity index (χ3n) is 4.55. The summed E-state index contributed by atoms with van der Waals surface area (Å²) in [5.74, 6) is 1.02. The highest BCUT2D eigenvalue weighted by molar-refractivity contribution is 5.40. The van der Waals surface area contributed by atoms with Gasteiger partial charge < -0.3 is 10.1 Å². The lowest BCUT2D eigenvalue weighted by molar-refractivity contribution is 0.399. The van der Waals surface area contributed by atoms with Crippen LogP contribution in [0.4, 0.5) is 0 Å². The SMILES string of the molecule is COc1ccc(C(C)(C)C)cc1CC(C)NC1CCCC1. The first-order valence-corrected chi connectivity index (χ1v) is 8.33. The highest BCUT2D eigenvalue weighted by Crippen LogP contribution is 2.29. The van der Waals surface area contributed by atoms with Crippen LogP contribution in [0.15, 0.2) is 18.2 Å². The first-order valence-electron chi connectivity index (χ1n) is 8.33. The van der Waals surface area contributed by atoms with Crippen LogP contribution in [0, 0.1) is 0 Å². The summed E-state index contributed by atoms with van der Waals surface area (Å²) < 4.78 is 5.56. The maximum Gasteiger partial charge on any atom is 0.122 e. The van der Waals surface area contributed by atoms with E-state index in [0.717, 1.165) is 18.2 Å². The number of ether oxygens (including phenoxy) is 1. The molecule has 1 aromatic carbocycles. The lowest BCUT2D eigenvalue weighted by atomic mass is 9.85. The van der Waals surface area contributed by atoms with Gasteiger partial charge in [-0.2, -0.15) is 0 Å². The molecule has 2 nitrogen and oxygen atoms in total. The van der Waals surface area contributed by atoms with Crippen LogP contribution in [0.5, 0.6) is 5.75 Å².